The summed E-state index contributed by atoms with van der Waals surface area (Å²) in [4.78, 5) is 21.0. The molecule has 0 aliphatic rings. The van der Waals surface area contributed by atoms with Gasteiger partial charge in [0.05, 0.1) is 12.0 Å². The molecule has 28 heavy (non-hydrogen) atoms. The van der Waals surface area contributed by atoms with Gasteiger partial charge in [-0.25, -0.2) is 9.97 Å². The van der Waals surface area contributed by atoms with Gasteiger partial charge >= 0.3 is 0 Å². The summed E-state index contributed by atoms with van der Waals surface area (Å²) in [6.45, 7) is 0.374. The van der Waals surface area contributed by atoms with Gasteiger partial charge < -0.3 is 13.7 Å². The van der Waals surface area contributed by atoms with Crippen LogP contribution >= 0.6 is 11.3 Å². The third-order valence-electron chi connectivity index (χ3n) is 4.09. The van der Waals surface area contributed by atoms with Gasteiger partial charge in [0, 0.05) is 30.4 Å². The number of carbonyl (C=O) groups excluding carboxylic acids is 1. The van der Waals surface area contributed by atoms with E-state index in [2.05, 4.69) is 9.97 Å². The predicted molar refractivity (Wildman–Crippen MR) is 107 cm³/mol. The van der Waals surface area contributed by atoms with E-state index in [9.17, 15) is 4.79 Å². The topological polar surface area (TPSA) is 70.2 Å². The van der Waals surface area contributed by atoms with E-state index in [4.69, 9.17) is 9.15 Å². The summed E-state index contributed by atoms with van der Waals surface area (Å²) in [6, 6.07) is 10.7. The van der Waals surface area contributed by atoms with Gasteiger partial charge in [0.25, 0.3) is 0 Å². The Balaban J connectivity index is 1.37. The average molecular weight is 391 g/mol. The molecule has 0 fully saturated rings. The Labute approximate surface area is 165 Å². The van der Waals surface area contributed by atoms with E-state index in [0.29, 0.717) is 17.9 Å². The average Bonchev–Trinajstić information content (AvgIpc) is 3.46. The van der Waals surface area contributed by atoms with Gasteiger partial charge in [-0.05, 0) is 48.6 Å². The van der Waals surface area contributed by atoms with Gasteiger partial charge in [-0.15, -0.1) is 11.3 Å². The summed E-state index contributed by atoms with van der Waals surface area (Å²) in [5.41, 5.74) is 1.31. The van der Waals surface area contributed by atoms with Crippen LogP contribution in [0.5, 0.6) is 5.75 Å². The molecular formula is C21H17N3O3S. The van der Waals surface area contributed by atoms with Crippen LogP contribution in [0, 0.1) is 0 Å². The summed E-state index contributed by atoms with van der Waals surface area (Å²) >= 11 is 1.47. The number of hydrogen-bond acceptors (Lipinski definition) is 6. The van der Waals surface area contributed by atoms with Gasteiger partial charge in [0.15, 0.2) is 16.6 Å². The normalized spacial score (nSPS) is 11.2. The first kappa shape index (κ1) is 17.9. The highest BCUT2D eigenvalue weighted by Gasteiger charge is 2.07. The van der Waals surface area contributed by atoms with Crippen LogP contribution in [0.15, 0.2) is 70.9 Å². The fraction of sp³-hybridized carbons (Fsp3) is 0.0952. The molecule has 0 unspecified atom stereocenters. The van der Waals surface area contributed by atoms with Crippen LogP contribution in [0.3, 0.4) is 0 Å². The number of nitrogens with zero attached hydrogens (tertiary/aromatic N) is 3. The quantitative estimate of drug-likeness (QED) is 0.340. The summed E-state index contributed by atoms with van der Waals surface area (Å²) in [5.74, 6) is 2.15. The Morgan fingerprint density at radius 1 is 1.29 bits per heavy atom. The van der Waals surface area contributed by atoms with E-state index in [1.807, 2.05) is 35.3 Å². The first-order chi connectivity index (χ1) is 13.7. The number of hydrogen-bond donors (Lipinski definition) is 0. The van der Waals surface area contributed by atoms with Crippen molar-refractivity contribution in [1.29, 1.82) is 0 Å². The van der Waals surface area contributed by atoms with Crippen LogP contribution in [-0.2, 0) is 13.7 Å². The number of ether oxygens (including phenoxy) is 1. The Kier molecular flexibility index (Phi) is 5.16. The van der Waals surface area contributed by atoms with Crippen LogP contribution in [0.4, 0.5) is 0 Å². The number of imidazole rings is 1. The molecule has 6 nitrogen and oxygen atoms in total. The van der Waals surface area contributed by atoms with E-state index in [0.717, 1.165) is 22.3 Å². The zero-order valence-corrected chi connectivity index (χ0v) is 15.9. The Hall–Kier alpha value is -3.45. The molecule has 0 saturated heterocycles. The van der Waals surface area contributed by atoms with Gasteiger partial charge in [-0.3, -0.25) is 4.79 Å². The Bertz CT molecular complexity index is 1090. The summed E-state index contributed by atoms with van der Waals surface area (Å²) in [5, 5.41) is 2.67. The van der Waals surface area contributed by atoms with Gasteiger partial charge in [-0.2, -0.15) is 0 Å². The summed E-state index contributed by atoms with van der Waals surface area (Å²) < 4.78 is 12.9. The Morgan fingerprint density at radius 3 is 2.86 bits per heavy atom. The van der Waals surface area contributed by atoms with Crippen molar-refractivity contribution in [3.63, 3.8) is 0 Å². The minimum absolute atomic E-state index is 0.0943. The Morgan fingerprint density at radius 2 is 2.14 bits per heavy atom. The third-order valence-corrected chi connectivity index (χ3v) is 4.96. The number of furan rings is 1. The first-order valence-corrected chi connectivity index (χ1v) is 9.48. The van der Waals surface area contributed by atoms with Crippen molar-refractivity contribution < 1.29 is 13.9 Å². The summed E-state index contributed by atoms with van der Waals surface area (Å²) in [6.07, 6.45) is 8.43. The number of carbonyl (C=O) groups is 1. The predicted octanol–water partition coefficient (Wildman–Crippen LogP) is 4.61. The molecule has 0 amide bonds. The lowest BCUT2D eigenvalue weighted by atomic mass is 10.1. The highest BCUT2D eigenvalue weighted by Crippen LogP contribution is 2.24. The highest BCUT2D eigenvalue weighted by molar-refractivity contribution is 7.13. The van der Waals surface area contributed by atoms with Crippen molar-refractivity contribution in [2.24, 2.45) is 7.05 Å². The second-order valence-electron chi connectivity index (χ2n) is 6.02. The maximum Gasteiger partial charge on any atom is 0.185 e. The smallest absolute Gasteiger partial charge is 0.185 e. The van der Waals surface area contributed by atoms with Crippen molar-refractivity contribution >= 4 is 23.2 Å². The zero-order valence-electron chi connectivity index (χ0n) is 15.1. The number of ketones is 1. The molecule has 3 heterocycles. The molecule has 0 radical (unpaired) electrons. The molecule has 0 saturated carbocycles. The fourth-order valence-corrected chi connectivity index (χ4v) is 3.29. The highest BCUT2D eigenvalue weighted by atomic mass is 32.1. The van der Waals surface area contributed by atoms with Crippen LogP contribution < -0.4 is 4.74 Å². The lowest BCUT2D eigenvalue weighted by molar-refractivity contribution is 0.104. The minimum Gasteiger partial charge on any atom is -0.486 e. The molecule has 0 aliphatic carbocycles. The molecular weight excluding hydrogens is 374 g/mol. The van der Waals surface area contributed by atoms with E-state index < -0.39 is 0 Å². The zero-order chi connectivity index (χ0) is 19.3. The molecule has 0 aliphatic heterocycles. The molecule has 1 aromatic carbocycles. The van der Waals surface area contributed by atoms with E-state index in [-0.39, 0.29) is 5.78 Å². The van der Waals surface area contributed by atoms with E-state index in [1.165, 1.54) is 17.4 Å². The largest absolute Gasteiger partial charge is 0.486 e. The lowest BCUT2D eigenvalue weighted by Crippen LogP contribution is -2.03. The molecule has 4 aromatic rings. The lowest BCUT2D eigenvalue weighted by Gasteiger charge is -2.06. The minimum atomic E-state index is -0.0943. The standard InChI is InChI=1S/C21H17N3O3S/c1-24-11-10-22-20(24)13-27-17-7-4-15(5-8-17)18(25)9-6-16-14-28-21(23-16)19-3-2-12-26-19/h2-12,14H,13H2,1H3/b9-6+. The number of rotatable bonds is 7. The van der Waals surface area contributed by atoms with Crippen LogP contribution in [0.2, 0.25) is 0 Å². The van der Waals surface area contributed by atoms with Crippen molar-refractivity contribution in [3.8, 4) is 16.5 Å². The number of benzene rings is 1. The van der Waals surface area contributed by atoms with Crippen LogP contribution in [-0.4, -0.2) is 20.3 Å². The van der Waals surface area contributed by atoms with Gasteiger partial charge in [0.2, 0.25) is 0 Å². The number of thiazole rings is 1. The summed E-state index contributed by atoms with van der Waals surface area (Å²) in [7, 11) is 1.92. The number of aryl methyl sites for hydroxylation is 1. The van der Waals surface area contributed by atoms with E-state index in [1.54, 1.807) is 42.8 Å². The molecule has 0 N–H and O–H groups in total. The maximum absolute atomic E-state index is 12.4. The second-order valence-corrected chi connectivity index (χ2v) is 6.88. The van der Waals surface area contributed by atoms with Crippen molar-refractivity contribution in [3.05, 3.63) is 83.6 Å². The van der Waals surface area contributed by atoms with Gasteiger partial charge in [-0.1, -0.05) is 0 Å². The second kappa shape index (κ2) is 8.06. The van der Waals surface area contributed by atoms with Crippen molar-refractivity contribution in [2.45, 2.75) is 6.61 Å². The number of aromatic nitrogens is 3. The molecule has 0 bridgehead atoms. The molecule has 0 atom stereocenters. The van der Waals surface area contributed by atoms with Crippen LogP contribution in [0.1, 0.15) is 21.9 Å². The molecule has 4 rings (SSSR count). The maximum atomic E-state index is 12.4. The molecule has 3 aromatic heterocycles. The molecule has 0 spiro atoms. The van der Waals surface area contributed by atoms with Crippen molar-refractivity contribution in [2.75, 3.05) is 0 Å². The van der Waals surface area contributed by atoms with Gasteiger partial charge in [0.1, 0.15) is 18.2 Å². The van der Waals surface area contributed by atoms with Crippen molar-refractivity contribution in [1.82, 2.24) is 14.5 Å². The third kappa shape index (κ3) is 4.10. The van der Waals surface area contributed by atoms with E-state index >= 15 is 0 Å². The first-order valence-electron chi connectivity index (χ1n) is 8.60. The fourth-order valence-electron chi connectivity index (χ4n) is 2.53. The monoisotopic (exact) mass is 391 g/mol. The number of allylic oxidation sites excluding steroid dienone is 1. The molecule has 140 valence electrons. The van der Waals surface area contributed by atoms with Crippen LogP contribution in [0.25, 0.3) is 16.8 Å². The SMILES string of the molecule is Cn1ccnc1COc1ccc(C(=O)/C=C/c2csc(-c3ccco3)n2)cc1. The molecule has 7 heteroatoms.